The molecule has 0 aliphatic heterocycles. The predicted octanol–water partition coefficient (Wildman–Crippen LogP) is 18.5. The van der Waals surface area contributed by atoms with E-state index in [1.54, 1.807) is 0 Å². The third-order valence-corrected chi connectivity index (χ3v) is 14.1. The lowest BCUT2D eigenvalue weighted by Crippen LogP contribution is -2.37. The van der Waals surface area contributed by atoms with E-state index >= 15 is 0 Å². The van der Waals surface area contributed by atoms with Gasteiger partial charge in [0.05, 0.1) is 27.7 Å². The SMILES string of the molecule is CC/C=C\C/C=C\C/C=C\C/C=C\CCCCCCCCCCCCCCCCCCCCCCC(=O)OC(COC(=O)CCCCCCCCCCCCCCCC)COP(=O)(O)OCC[N+](C)(C)C. The van der Waals surface area contributed by atoms with Gasteiger partial charge in [-0.05, 0) is 51.4 Å². The fraction of sp³-hybridized carbons (Fsp3) is 0.836. The molecule has 9 nitrogen and oxygen atoms in total. The summed E-state index contributed by atoms with van der Waals surface area (Å²) in [5.41, 5.74) is 0. The van der Waals surface area contributed by atoms with Crippen molar-refractivity contribution in [3.05, 3.63) is 48.6 Å². The van der Waals surface area contributed by atoms with E-state index in [0.29, 0.717) is 23.9 Å². The molecule has 0 aromatic heterocycles. The molecule has 71 heavy (non-hydrogen) atoms. The van der Waals surface area contributed by atoms with E-state index in [9.17, 15) is 19.0 Å². The largest absolute Gasteiger partial charge is 0.472 e. The third-order valence-electron chi connectivity index (χ3n) is 13.1. The number of unbranched alkanes of at least 4 members (excludes halogenated alkanes) is 33. The molecule has 0 spiro atoms. The zero-order chi connectivity index (χ0) is 52.0. The summed E-state index contributed by atoms with van der Waals surface area (Å²) in [6, 6.07) is 0. The molecule has 0 aromatic carbocycles. The minimum atomic E-state index is -4.38. The molecule has 0 radical (unpaired) electrons. The minimum Gasteiger partial charge on any atom is -0.462 e. The Balaban J connectivity index is 3.99. The number of hydrogen-bond acceptors (Lipinski definition) is 7. The Labute approximate surface area is 439 Å². The summed E-state index contributed by atoms with van der Waals surface area (Å²) in [4.78, 5) is 35.6. The van der Waals surface area contributed by atoms with Crippen LogP contribution in [-0.2, 0) is 32.7 Å². The number of quaternary nitrogens is 1. The molecule has 0 aliphatic carbocycles. The van der Waals surface area contributed by atoms with Crippen LogP contribution in [0.1, 0.15) is 277 Å². The van der Waals surface area contributed by atoms with Crippen LogP contribution >= 0.6 is 7.82 Å². The normalized spacial score (nSPS) is 13.6. The van der Waals surface area contributed by atoms with Crippen molar-refractivity contribution in [1.82, 2.24) is 0 Å². The van der Waals surface area contributed by atoms with Crippen LogP contribution in [0.25, 0.3) is 0 Å². The van der Waals surface area contributed by atoms with Gasteiger partial charge in [0.1, 0.15) is 19.8 Å². The van der Waals surface area contributed by atoms with Crippen molar-refractivity contribution in [1.29, 1.82) is 0 Å². The summed E-state index contributed by atoms with van der Waals surface area (Å²) in [5, 5.41) is 0. The van der Waals surface area contributed by atoms with Gasteiger partial charge in [0, 0.05) is 12.8 Å². The second-order valence-corrected chi connectivity index (χ2v) is 22.8. The molecule has 1 N–H and O–H groups in total. The highest BCUT2D eigenvalue weighted by molar-refractivity contribution is 7.47. The molecule has 0 aliphatic rings. The maximum absolute atomic E-state index is 12.8. The summed E-state index contributed by atoms with van der Waals surface area (Å²) in [5.74, 6) is -0.783. The van der Waals surface area contributed by atoms with Crippen molar-refractivity contribution in [2.75, 3.05) is 47.5 Å². The van der Waals surface area contributed by atoms with Crippen molar-refractivity contribution in [2.45, 2.75) is 283 Å². The number of ether oxygens (including phenoxy) is 2. The van der Waals surface area contributed by atoms with Crippen LogP contribution in [0.3, 0.4) is 0 Å². The monoisotopic (exact) mass is 1020 g/mol. The first kappa shape index (κ1) is 69.0. The molecule has 416 valence electrons. The molecule has 0 saturated carbocycles. The zero-order valence-electron chi connectivity index (χ0n) is 47.2. The van der Waals surface area contributed by atoms with Crippen LogP contribution in [-0.4, -0.2) is 74.9 Å². The van der Waals surface area contributed by atoms with E-state index in [0.717, 1.165) is 57.8 Å². The molecule has 0 amide bonds. The Bertz CT molecular complexity index is 1340. The second-order valence-electron chi connectivity index (χ2n) is 21.4. The molecule has 0 fully saturated rings. The maximum atomic E-state index is 12.8. The lowest BCUT2D eigenvalue weighted by molar-refractivity contribution is -0.870. The van der Waals surface area contributed by atoms with Gasteiger partial charge in [-0.2, -0.15) is 0 Å². The van der Waals surface area contributed by atoms with E-state index in [1.807, 2.05) is 21.1 Å². The molecular weight excluding hydrogens is 906 g/mol. The molecule has 10 heteroatoms. The van der Waals surface area contributed by atoms with Crippen LogP contribution in [0, 0.1) is 0 Å². The smallest absolute Gasteiger partial charge is 0.462 e. The molecular formula is C61H115NO8P+. The van der Waals surface area contributed by atoms with E-state index in [-0.39, 0.29) is 25.6 Å². The molecule has 0 heterocycles. The van der Waals surface area contributed by atoms with Gasteiger partial charge in [-0.3, -0.25) is 18.6 Å². The first-order chi connectivity index (χ1) is 34.5. The second kappa shape index (κ2) is 52.8. The lowest BCUT2D eigenvalue weighted by atomic mass is 10.0. The van der Waals surface area contributed by atoms with Gasteiger partial charge in [0.25, 0.3) is 0 Å². The van der Waals surface area contributed by atoms with E-state index in [4.69, 9.17) is 18.5 Å². The van der Waals surface area contributed by atoms with Crippen molar-refractivity contribution in [2.24, 2.45) is 0 Å². The van der Waals surface area contributed by atoms with Gasteiger partial charge in [0.2, 0.25) is 0 Å². The van der Waals surface area contributed by atoms with Crippen LogP contribution in [0.2, 0.25) is 0 Å². The van der Waals surface area contributed by atoms with E-state index in [1.165, 1.54) is 186 Å². The summed E-state index contributed by atoms with van der Waals surface area (Å²) in [6.07, 6.45) is 66.2. The average Bonchev–Trinajstić information content (AvgIpc) is 3.33. The summed E-state index contributed by atoms with van der Waals surface area (Å²) < 4.78 is 34.6. The Morgan fingerprint density at radius 2 is 0.803 bits per heavy atom. The zero-order valence-corrected chi connectivity index (χ0v) is 48.1. The Morgan fingerprint density at radius 3 is 1.20 bits per heavy atom. The fourth-order valence-corrected chi connectivity index (χ4v) is 9.28. The van der Waals surface area contributed by atoms with Crippen LogP contribution in [0.4, 0.5) is 0 Å². The number of nitrogens with zero attached hydrogens (tertiary/aromatic N) is 1. The number of rotatable bonds is 55. The van der Waals surface area contributed by atoms with Crippen LogP contribution in [0.5, 0.6) is 0 Å². The van der Waals surface area contributed by atoms with Crippen molar-refractivity contribution < 1.29 is 42.1 Å². The topological polar surface area (TPSA) is 108 Å². The lowest BCUT2D eigenvalue weighted by Gasteiger charge is -2.24. The molecule has 0 aromatic rings. The quantitative estimate of drug-likeness (QED) is 0.0211. The van der Waals surface area contributed by atoms with Gasteiger partial charge in [0.15, 0.2) is 6.10 Å². The molecule has 0 bridgehead atoms. The average molecular weight is 1020 g/mol. The Hall–Kier alpha value is -2.03. The maximum Gasteiger partial charge on any atom is 0.472 e. The number of phosphoric acid groups is 1. The number of phosphoric ester groups is 1. The molecule has 2 unspecified atom stereocenters. The molecule has 0 rings (SSSR count). The van der Waals surface area contributed by atoms with Crippen molar-refractivity contribution in [3.63, 3.8) is 0 Å². The predicted molar refractivity (Wildman–Crippen MR) is 303 cm³/mol. The minimum absolute atomic E-state index is 0.0342. The summed E-state index contributed by atoms with van der Waals surface area (Å²) in [7, 11) is 1.49. The highest BCUT2D eigenvalue weighted by atomic mass is 31.2. The standard InChI is InChI=1S/C61H114NO8P/c1-6-8-10-12-14-16-18-20-22-23-24-25-26-27-28-29-30-31-32-33-34-35-36-37-38-39-40-42-44-46-48-50-52-54-61(64)70-59(58-69-71(65,66)68-56-55-62(3,4)5)57-67-60(63)53-51-49-47-45-43-41-21-19-17-15-13-11-9-7-2/h8,10,14,16,20,22,24-25,59H,6-7,9,11-13,15,17-19,21,23,26-58H2,1-5H3/p+1/b10-8-,16-14-,22-20-,25-24-. The number of carbonyl (C=O) groups is 2. The van der Waals surface area contributed by atoms with Gasteiger partial charge >= 0.3 is 19.8 Å². The third kappa shape index (κ3) is 57.1. The van der Waals surface area contributed by atoms with Crippen LogP contribution in [0.15, 0.2) is 48.6 Å². The van der Waals surface area contributed by atoms with Crippen LogP contribution < -0.4 is 0 Å². The van der Waals surface area contributed by atoms with Gasteiger partial charge in [-0.1, -0.05) is 262 Å². The van der Waals surface area contributed by atoms with E-state index in [2.05, 4.69) is 62.5 Å². The number of hydrogen-bond donors (Lipinski definition) is 1. The fourth-order valence-electron chi connectivity index (χ4n) is 8.54. The highest BCUT2D eigenvalue weighted by Gasteiger charge is 2.27. The number of carbonyl (C=O) groups excluding carboxylic acids is 2. The van der Waals surface area contributed by atoms with E-state index < -0.39 is 26.5 Å². The Morgan fingerprint density at radius 1 is 0.451 bits per heavy atom. The van der Waals surface area contributed by atoms with Crippen molar-refractivity contribution in [3.8, 4) is 0 Å². The van der Waals surface area contributed by atoms with Gasteiger partial charge < -0.3 is 18.9 Å². The van der Waals surface area contributed by atoms with Gasteiger partial charge in [-0.25, -0.2) is 4.57 Å². The van der Waals surface area contributed by atoms with Gasteiger partial charge in [-0.15, -0.1) is 0 Å². The number of likely N-dealkylation sites (N-methyl/N-ethyl adjacent to an activating group) is 1. The molecule has 2 atom stereocenters. The number of esters is 2. The molecule has 0 saturated heterocycles. The van der Waals surface area contributed by atoms with Crippen molar-refractivity contribution >= 4 is 19.8 Å². The first-order valence-electron chi connectivity index (χ1n) is 29.9. The summed E-state index contributed by atoms with van der Waals surface area (Å²) in [6.45, 7) is 4.36. The first-order valence-corrected chi connectivity index (χ1v) is 31.4. The Kier molecular flexibility index (Phi) is 51.3. The highest BCUT2D eigenvalue weighted by Crippen LogP contribution is 2.43. The number of allylic oxidation sites excluding steroid dienone is 8. The summed E-state index contributed by atoms with van der Waals surface area (Å²) >= 11 is 0.